The molecule has 9 heteroatoms. The molecule has 2 aromatic rings. The lowest BCUT2D eigenvalue weighted by Gasteiger charge is -2.09. The first-order valence-electron chi connectivity index (χ1n) is 7.21. The summed E-state index contributed by atoms with van der Waals surface area (Å²) in [4.78, 5) is 22.6. The Labute approximate surface area is 153 Å². The quantitative estimate of drug-likeness (QED) is 0.345. The van der Waals surface area contributed by atoms with Crippen LogP contribution in [0.15, 0.2) is 54.2 Å². The number of carbonyl (C=O) groups excluding carboxylic acids is 1. The highest BCUT2D eigenvalue weighted by Crippen LogP contribution is 2.28. The van der Waals surface area contributed by atoms with Crippen molar-refractivity contribution in [2.75, 3.05) is 17.7 Å². The lowest BCUT2D eigenvalue weighted by molar-refractivity contribution is -0.383. The smallest absolute Gasteiger partial charge is 0.292 e. The number of amides is 1. The van der Waals surface area contributed by atoms with Gasteiger partial charge in [0.1, 0.15) is 23.1 Å². The van der Waals surface area contributed by atoms with Crippen LogP contribution >= 0.6 is 11.6 Å². The van der Waals surface area contributed by atoms with E-state index in [1.54, 1.807) is 24.3 Å². The van der Waals surface area contributed by atoms with Gasteiger partial charge >= 0.3 is 0 Å². The summed E-state index contributed by atoms with van der Waals surface area (Å²) in [7, 11) is 1.46. The summed E-state index contributed by atoms with van der Waals surface area (Å²) < 4.78 is 5.16. The Hall–Kier alpha value is -3.57. The van der Waals surface area contributed by atoms with Crippen molar-refractivity contribution in [2.45, 2.75) is 0 Å². The zero-order chi connectivity index (χ0) is 19.1. The lowest BCUT2D eigenvalue weighted by atomic mass is 10.2. The van der Waals surface area contributed by atoms with Gasteiger partial charge in [-0.15, -0.1) is 0 Å². The molecule has 0 saturated carbocycles. The third kappa shape index (κ3) is 4.49. The molecule has 0 aromatic heterocycles. The molecule has 0 radical (unpaired) electrons. The third-order valence-electron chi connectivity index (χ3n) is 3.25. The molecule has 0 heterocycles. The molecule has 0 aliphatic rings. The van der Waals surface area contributed by atoms with E-state index in [-0.39, 0.29) is 16.9 Å². The Balaban J connectivity index is 2.22. The minimum atomic E-state index is -0.796. The topological polar surface area (TPSA) is 117 Å². The summed E-state index contributed by atoms with van der Waals surface area (Å²) in [6.07, 6.45) is 1.16. The van der Waals surface area contributed by atoms with E-state index in [4.69, 9.17) is 16.3 Å². The van der Waals surface area contributed by atoms with Gasteiger partial charge in [-0.2, -0.15) is 5.26 Å². The number of anilines is 2. The fourth-order valence-electron chi connectivity index (χ4n) is 2.02. The average Bonchev–Trinajstić information content (AvgIpc) is 2.62. The molecule has 0 aliphatic carbocycles. The Morgan fingerprint density at radius 3 is 2.69 bits per heavy atom. The molecular formula is C17H13ClN4O4. The van der Waals surface area contributed by atoms with Gasteiger partial charge in [-0.25, -0.2) is 0 Å². The van der Waals surface area contributed by atoms with Crippen molar-refractivity contribution in [1.29, 1.82) is 5.26 Å². The van der Waals surface area contributed by atoms with Crippen molar-refractivity contribution in [2.24, 2.45) is 0 Å². The van der Waals surface area contributed by atoms with Gasteiger partial charge in [0, 0.05) is 17.3 Å². The molecule has 0 fully saturated rings. The zero-order valence-electron chi connectivity index (χ0n) is 13.5. The van der Waals surface area contributed by atoms with E-state index >= 15 is 0 Å². The zero-order valence-corrected chi connectivity index (χ0v) is 14.3. The number of nitro groups is 1. The molecular weight excluding hydrogens is 360 g/mol. The maximum atomic E-state index is 12.2. The van der Waals surface area contributed by atoms with Crippen LogP contribution in [0.1, 0.15) is 0 Å². The number of ether oxygens (including phenoxy) is 1. The summed E-state index contributed by atoms with van der Waals surface area (Å²) in [6, 6.07) is 12.2. The van der Waals surface area contributed by atoms with Crippen LogP contribution in [0.4, 0.5) is 17.1 Å². The lowest BCUT2D eigenvalue weighted by Crippen LogP contribution is -2.15. The van der Waals surface area contributed by atoms with Crippen LogP contribution in [0.3, 0.4) is 0 Å². The predicted octanol–water partition coefficient (Wildman–Crippen LogP) is 3.71. The molecule has 2 rings (SSSR count). The Bertz CT molecular complexity index is 921. The average molecular weight is 373 g/mol. The molecule has 0 aliphatic heterocycles. The number of rotatable bonds is 6. The maximum absolute atomic E-state index is 12.2. The van der Waals surface area contributed by atoms with Gasteiger partial charge in [-0.3, -0.25) is 14.9 Å². The van der Waals surface area contributed by atoms with Crippen LogP contribution in [-0.4, -0.2) is 17.9 Å². The second-order valence-electron chi connectivity index (χ2n) is 4.89. The number of nitrogens with zero attached hydrogens (tertiary/aromatic N) is 2. The van der Waals surface area contributed by atoms with Crippen LogP contribution in [0.25, 0.3) is 0 Å². The Morgan fingerprint density at radius 2 is 2.04 bits per heavy atom. The summed E-state index contributed by atoms with van der Waals surface area (Å²) in [5.41, 5.74) is -0.122. The van der Waals surface area contributed by atoms with Crippen LogP contribution < -0.4 is 15.4 Å². The molecule has 8 nitrogen and oxygen atoms in total. The highest BCUT2D eigenvalue weighted by atomic mass is 35.5. The number of para-hydroxylation sites is 2. The summed E-state index contributed by atoms with van der Waals surface area (Å²) >= 11 is 5.92. The number of hydrogen-bond donors (Lipinski definition) is 2. The van der Waals surface area contributed by atoms with Gasteiger partial charge in [-0.1, -0.05) is 23.7 Å². The van der Waals surface area contributed by atoms with Gasteiger partial charge in [0.2, 0.25) is 0 Å². The van der Waals surface area contributed by atoms with Crippen LogP contribution in [-0.2, 0) is 4.79 Å². The molecule has 0 spiro atoms. The number of carbonyl (C=O) groups is 1. The number of nitrogens with one attached hydrogen (secondary N) is 2. The van der Waals surface area contributed by atoms with Gasteiger partial charge in [0.05, 0.1) is 17.7 Å². The molecule has 0 saturated heterocycles. The SMILES string of the molecule is COc1ccc(Cl)cc1N/C=C(/C#N)C(=O)Nc1ccccc1[N+](=O)[O-]. The van der Waals surface area contributed by atoms with Gasteiger partial charge in [0.25, 0.3) is 11.6 Å². The normalized spacial score (nSPS) is 10.6. The van der Waals surface area contributed by atoms with Crippen LogP contribution in [0.5, 0.6) is 5.75 Å². The van der Waals surface area contributed by atoms with Crippen molar-refractivity contribution in [1.82, 2.24) is 0 Å². The molecule has 0 atom stereocenters. The largest absolute Gasteiger partial charge is 0.495 e. The van der Waals surface area contributed by atoms with Crippen LogP contribution in [0, 0.1) is 21.4 Å². The number of methoxy groups -OCH3 is 1. The summed E-state index contributed by atoms with van der Waals surface area (Å²) in [5.74, 6) is -0.336. The molecule has 2 N–H and O–H groups in total. The van der Waals surface area contributed by atoms with Crippen molar-refractivity contribution in [3.63, 3.8) is 0 Å². The fraction of sp³-hybridized carbons (Fsp3) is 0.0588. The Kier molecular flexibility index (Phi) is 6.14. The minimum Gasteiger partial charge on any atom is -0.495 e. The number of nitriles is 1. The van der Waals surface area contributed by atoms with E-state index in [1.165, 1.54) is 31.4 Å². The standard InChI is InChI=1S/C17H13ClN4O4/c1-26-16-7-6-12(18)8-14(16)20-10-11(9-19)17(23)21-13-4-2-3-5-15(13)22(24)25/h2-8,10,20H,1H3,(H,21,23)/b11-10-. The fourth-order valence-corrected chi connectivity index (χ4v) is 2.19. The van der Waals surface area contributed by atoms with Gasteiger partial charge < -0.3 is 15.4 Å². The first-order valence-corrected chi connectivity index (χ1v) is 7.59. The maximum Gasteiger partial charge on any atom is 0.292 e. The van der Waals surface area contributed by atoms with E-state index in [1.807, 2.05) is 0 Å². The second-order valence-corrected chi connectivity index (χ2v) is 5.32. The number of benzene rings is 2. The monoisotopic (exact) mass is 372 g/mol. The number of hydrogen-bond acceptors (Lipinski definition) is 6. The van der Waals surface area contributed by atoms with Crippen molar-refractivity contribution in [3.05, 3.63) is 69.4 Å². The highest BCUT2D eigenvalue weighted by Gasteiger charge is 2.17. The minimum absolute atomic E-state index is 0.0102. The van der Waals surface area contributed by atoms with Crippen molar-refractivity contribution in [3.8, 4) is 11.8 Å². The van der Waals surface area contributed by atoms with Crippen LogP contribution in [0.2, 0.25) is 5.02 Å². The van der Waals surface area contributed by atoms with E-state index in [0.717, 1.165) is 6.20 Å². The first kappa shape index (κ1) is 18.8. The second kappa shape index (κ2) is 8.50. The Morgan fingerprint density at radius 1 is 1.31 bits per heavy atom. The van der Waals surface area contributed by atoms with Gasteiger partial charge in [0.15, 0.2) is 0 Å². The summed E-state index contributed by atoms with van der Waals surface area (Å²) in [6.45, 7) is 0. The van der Waals surface area contributed by atoms with Crippen molar-refractivity contribution >= 4 is 34.6 Å². The molecule has 0 unspecified atom stereocenters. The van der Waals surface area contributed by atoms with E-state index in [9.17, 15) is 20.2 Å². The molecule has 0 bridgehead atoms. The summed E-state index contributed by atoms with van der Waals surface area (Å²) in [5, 5.41) is 25.8. The van der Waals surface area contributed by atoms with Crippen molar-refractivity contribution < 1.29 is 14.5 Å². The highest BCUT2D eigenvalue weighted by molar-refractivity contribution is 6.31. The third-order valence-corrected chi connectivity index (χ3v) is 3.48. The van der Waals surface area contributed by atoms with Gasteiger partial charge in [-0.05, 0) is 24.3 Å². The van der Waals surface area contributed by atoms with E-state index in [0.29, 0.717) is 16.5 Å². The molecule has 26 heavy (non-hydrogen) atoms. The predicted molar refractivity (Wildman–Crippen MR) is 97.0 cm³/mol. The molecule has 2 aromatic carbocycles. The molecule has 1 amide bonds. The van der Waals surface area contributed by atoms with E-state index in [2.05, 4.69) is 10.6 Å². The first-order chi connectivity index (χ1) is 12.5. The number of nitro benzene ring substituents is 1. The molecule has 132 valence electrons. The van der Waals surface area contributed by atoms with E-state index < -0.39 is 10.8 Å². The number of halogens is 1.